The van der Waals surface area contributed by atoms with Crippen molar-refractivity contribution in [3.8, 4) is 0 Å². The van der Waals surface area contributed by atoms with Gasteiger partial charge < -0.3 is 5.11 Å². The molecule has 4 nitrogen and oxygen atoms in total. The standard InChI is InChI=1S/C12H19NO3/c1-12(2,3)9(4-5-14)13-10(15)7-6-8(7)11(13)16/h7-9,14H,4-6H2,1-3H3. The highest BCUT2D eigenvalue weighted by atomic mass is 16.3. The molecule has 2 amide bonds. The van der Waals surface area contributed by atoms with E-state index in [1.165, 1.54) is 4.90 Å². The number of hydrogen-bond donors (Lipinski definition) is 1. The molecular weight excluding hydrogens is 206 g/mol. The van der Waals surface area contributed by atoms with Crippen molar-refractivity contribution in [1.82, 2.24) is 4.90 Å². The Morgan fingerprint density at radius 1 is 1.31 bits per heavy atom. The van der Waals surface area contributed by atoms with Crippen LogP contribution in [0.5, 0.6) is 0 Å². The van der Waals surface area contributed by atoms with E-state index in [1.807, 2.05) is 20.8 Å². The highest BCUT2D eigenvalue weighted by molar-refractivity contribution is 6.09. The molecular formula is C12H19NO3. The Labute approximate surface area is 95.6 Å². The Morgan fingerprint density at radius 2 is 1.81 bits per heavy atom. The Bertz CT molecular complexity index is 312. The molecule has 4 heteroatoms. The number of rotatable bonds is 3. The molecule has 0 aromatic heterocycles. The zero-order valence-corrected chi connectivity index (χ0v) is 10.1. The van der Waals surface area contributed by atoms with Crippen molar-refractivity contribution >= 4 is 11.8 Å². The van der Waals surface area contributed by atoms with Crippen LogP contribution in [0.3, 0.4) is 0 Å². The second-order valence-electron chi connectivity index (χ2n) is 5.89. The monoisotopic (exact) mass is 225 g/mol. The summed E-state index contributed by atoms with van der Waals surface area (Å²) in [5.41, 5.74) is -0.176. The third-order valence-corrected chi connectivity index (χ3v) is 3.61. The van der Waals surface area contributed by atoms with E-state index in [2.05, 4.69) is 0 Å². The van der Waals surface area contributed by atoms with E-state index in [4.69, 9.17) is 5.11 Å². The van der Waals surface area contributed by atoms with Crippen molar-refractivity contribution < 1.29 is 14.7 Å². The molecule has 0 aromatic rings. The molecule has 1 heterocycles. The van der Waals surface area contributed by atoms with Crippen molar-refractivity contribution in [2.24, 2.45) is 17.3 Å². The van der Waals surface area contributed by atoms with E-state index in [-0.39, 0.29) is 41.7 Å². The van der Waals surface area contributed by atoms with Gasteiger partial charge in [0.15, 0.2) is 0 Å². The predicted octanol–water partition coefficient (Wildman–Crippen LogP) is 0.788. The lowest BCUT2D eigenvalue weighted by molar-refractivity contribution is -0.147. The summed E-state index contributed by atoms with van der Waals surface area (Å²) >= 11 is 0. The number of likely N-dealkylation sites (tertiary alicyclic amines) is 1. The van der Waals surface area contributed by atoms with Crippen LogP contribution in [0.4, 0.5) is 0 Å². The average molecular weight is 225 g/mol. The minimum Gasteiger partial charge on any atom is -0.396 e. The number of piperidine rings is 1. The number of carbonyl (C=O) groups excluding carboxylic acids is 2. The van der Waals surface area contributed by atoms with Crippen LogP contribution >= 0.6 is 0 Å². The normalized spacial score (nSPS) is 30.6. The molecule has 2 aliphatic rings. The second-order valence-corrected chi connectivity index (χ2v) is 5.89. The fourth-order valence-corrected chi connectivity index (χ4v) is 2.59. The van der Waals surface area contributed by atoms with Gasteiger partial charge in [-0.15, -0.1) is 0 Å². The first-order valence-electron chi connectivity index (χ1n) is 5.85. The van der Waals surface area contributed by atoms with Gasteiger partial charge in [0.2, 0.25) is 11.8 Å². The summed E-state index contributed by atoms with van der Waals surface area (Å²) in [6, 6.07) is -0.176. The molecule has 2 rings (SSSR count). The van der Waals surface area contributed by atoms with Gasteiger partial charge in [-0.05, 0) is 18.3 Å². The fraction of sp³-hybridized carbons (Fsp3) is 0.833. The number of imide groups is 1. The number of fused-ring (bicyclic) bond motifs is 1. The van der Waals surface area contributed by atoms with Gasteiger partial charge in [0.1, 0.15) is 0 Å². The maximum atomic E-state index is 11.9. The Balaban J connectivity index is 2.21. The minimum absolute atomic E-state index is 0.00826. The maximum absolute atomic E-state index is 11.9. The lowest BCUT2D eigenvalue weighted by atomic mass is 9.83. The molecule has 3 unspecified atom stereocenters. The van der Waals surface area contributed by atoms with Gasteiger partial charge in [-0.3, -0.25) is 14.5 Å². The molecule has 1 saturated heterocycles. The molecule has 1 aliphatic heterocycles. The predicted molar refractivity (Wildman–Crippen MR) is 58.4 cm³/mol. The van der Waals surface area contributed by atoms with Crippen LogP contribution in [-0.4, -0.2) is 34.5 Å². The number of aliphatic hydroxyl groups excluding tert-OH is 1. The number of nitrogens with zero attached hydrogens (tertiary/aromatic N) is 1. The second kappa shape index (κ2) is 3.55. The summed E-state index contributed by atoms with van der Waals surface area (Å²) < 4.78 is 0. The smallest absolute Gasteiger partial charge is 0.233 e. The molecule has 1 saturated carbocycles. The van der Waals surface area contributed by atoms with E-state index in [1.54, 1.807) is 0 Å². The zero-order valence-electron chi connectivity index (χ0n) is 10.1. The summed E-state index contributed by atoms with van der Waals surface area (Å²) in [4.78, 5) is 25.3. The molecule has 2 fully saturated rings. The molecule has 16 heavy (non-hydrogen) atoms. The lowest BCUT2D eigenvalue weighted by Crippen LogP contribution is -2.49. The lowest BCUT2D eigenvalue weighted by Gasteiger charge is -2.37. The van der Waals surface area contributed by atoms with Gasteiger partial charge >= 0.3 is 0 Å². The van der Waals surface area contributed by atoms with Crippen molar-refractivity contribution in [3.63, 3.8) is 0 Å². The molecule has 0 spiro atoms. The quantitative estimate of drug-likeness (QED) is 0.722. The van der Waals surface area contributed by atoms with Crippen molar-refractivity contribution in [1.29, 1.82) is 0 Å². The summed E-state index contributed by atoms with van der Waals surface area (Å²) in [6.45, 7) is 6.00. The van der Waals surface area contributed by atoms with Gasteiger partial charge in [-0.2, -0.15) is 0 Å². The highest BCUT2D eigenvalue weighted by Crippen LogP contribution is 2.49. The Hall–Kier alpha value is -0.900. The summed E-state index contributed by atoms with van der Waals surface area (Å²) in [5, 5.41) is 9.06. The first kappa shape index (κ1) is 11.6. The van der Waals surface area contributed by atoms with E-state index in [0.29, 0.717) is 6.42 Å². The van der Waals surface area contributed by atoms with Crippen LogP contribution in [-0.2, 0) is 9.59 Å². The third kappa shape index (κ3) is 1.65. The highest BCUT2D eigenvalue weighted by Gasteiger charge is 2.61. The van der Waals surface area contributed by atoms with Crippen LogP contribution in [0.15, 0.2) is 0 Å². The van der Waals surface area contributed by atoms with Gasteiger partial charge in [0, 0.05) is 12.6 Å². The molecule has 0 radical (unpaired) electrons. The van der Waals surface area contributed by atoms with Crippen LogP contribution in [0.2, 0.25) is 0 Å². The van der Waals surface area contributed by atoms with Gasteiger partial charge in [0.05, 0.1) is 11.8 Å². The molecule has 3 atom stereocenters. The SMILES string of the molecule is CC(C)(C)C(CCO)N1C(=O)C2CC2C1=O. The topological polar surface area (TPSA) is 57.6 Å². The van der Waals surface area contributed by atoms with Crippen LogP contribution < -0.4 is 0 Å². The largest absolute Gasteiger partial charge is 0.396 e. The summed E-state index contributed by atoms with van der Waals surface area (Å²) in [7, 11) is 0. The number of aliphatic hydroxyl groups is 1. The Morgan fingerprint density at radius 3 is 2.19 bits per heavy atom. The van der Waals surface area contributed by atoms with Gasteiger partial charge in [-0.25, -0.2) is 0 Å². The zero-order chi connectivity index (χ0) is 12.1. The van der Waals surface area contributed by atoms with E-state index in [9.17, 15) is 9.59 Å². The van der Waals surface area contributed by atoms with Gasteiger partial charge in [-0.1, -0.05) is 20.8 Å². The van der Waals surface area contributed by atoms with Gasteiger partial charge in [0.25, 0.3) is 0 Å². The van der Waals surface area contributed by atoms with E-state index in [0.717, 1.165) is 6.42 Å². The fourth-order valence-electron chi connectivity index (χ4n) is 2.59. The number of carbonyl (C=O) groups is 2. The third-order valence-electron chi connectivity index (χ3n) is 3.61. The molecule has 1 N–H and O–H groups in total. The first-order chi connectivity index (χ1) is 7.38. The van der Waals surface area contributed by atoms with Crippen LogP contribution in [0.1, 0.15) is 33.6 Å². The van der Waals surface area contributed by atoms with Crippen molar-refractivity contribution in [2.45, 2.75) is 39.7 Å². The van der Waals surface area contributed by atoms with Crippen molar-refractivity contribution in [2.75, 3.05) is 6.61 Å². The first-order valence-corrected chi connectivity index (χ1v) is 5.85. The molecule has 0 aromatic carbocycles. The summed E-state index contributed by atoms with van der Waals surface area (Å²) in [5.74, 6) is -0.140. The average Bonchev–Trinajstić information content (AvgIpc) is 2.89. The number of amides is 2. The maximum Gasteiger partial charge on any atom is 0.233 e. The minimum atomic E-state index is -0.176. The van der Waals surface area contributed by atoms with Crippen LogP contribution in [0.25, 0.3) is 0 Å². The molecule has 0 bridgehead atoms. The molecule has 1 aliphatic carbocycles. The number of hydrogen-bond acceptors (Lipinski definition) is 3. The summed E-state index contributed by atoms with van der Waals surface area (Å²) in [6.07, 6.45) is 1.21. The van der Waals surface area contributed by atoms with E-state index < -0.39 is 0 Å². The van der Waals surface area contributed by atoms with E-state index >= 15 is 0 Å². The Kier molecular flexibility index (Phi) is 2.57. The van der Waals surface area contributed by atoms with Crippen molar-refractivity contribution in [3.05, 3.63) is 0 Å². The van der Waals surface area contributed by atoms with Crippen LogP contribution in [0, 0.1) is 17.3 Å². The molecule has 90 valence electrons.